The van der Waals surface area contributed by atoms with Crippen LogP contribution in [0.25, 0.3) is 0 Å². The van der Waals surface area contributed by atoms with E-state index < -0.39 is 0 Å². The molecule has 1 heterocycles. The second-order valence-corrected chi connectivity index (χ2v) is 3.79. The second kappa shape index (κ2) is 6.68. The van der Waals surface area contributed by atoms with Crippen molar-refractivity contribution in [3.05, 3.63) is 29.8 Å². The maximum Gasteiger partial charge on any atom is 0.194 e. The number of para-hydroxylation sites is 1. The highest BCUT2D eigenvalue weighted by Crippen LogP contribution is 2.16. The summed E-state index contributed by atoms with van der Waals surface area (Å²) in [4.78, 5) is 6.50. The second-order valence-electron chi connectivity index (χ2n) is 3.79. The number of ether oxygens (including phenoxy) is 1. The lowest BCUT2D eigenvalue weighted by molar-refractivity contribution is 0.408. The zero-order valence-corrected chi connectivity index (χ0v) is 12.5. The summed E-state index contributed by atoms with van der Waals surface area (Å²) in [5.74, 6) is 1.88. The van der Waals surface area contributed by atoms with Gasteiger partial charge in [0.2, 0.25) is 0 Å². The lowest BCUT2D eigenvalue weighted by Gasteiger charge is -2.16. The van der Waals surface area contributed by atoms with E-state index in [1.54, 1.807) is 7.11 Å². The summed E-state index contributed by atoms with van der Waals surface area (Å²) in [6, 6.07) is 8.01. The van der Waals surface area contributed by atoms with E-state index in [4.69, 9.17) is 4.74 Å². The van der Waals surface area contributed by atoms with E-state index in [1.807, 2.05) is 25.2 Å². The van der Waals surface area contributed by atoms with E-state index in [1.165, 1.54) is 0 Å². The van der Waals surface area contributed by atoms with Crippen molar-refractivity contribution in [3.63, 3.8) is 0 Å². The van der Waals surface area contributed by atoms with Crippen molar-refractivity contribution >= 4 is 29.9 Å². The van der Waals surface area contributed by atoms with E-state index in [9.17, 15) is 0 Å². The first-order valence-electron chi connectivity index (χ1n) is 5.42. The molecular weight excluding hydrogens is 329 g/mol. The molecule has 0 aromatic heterocycles. The first kappa shape index (κ1) is 14.1. The predicted molar refractivity (Wildman–Crippen MR) is 80.2 cm³/mol. The minimum atomic E-state index is 0. The zero-order valence-electron chi connectivity index (χ0n) is 10.1. The summed E-state index contributed by atoms with van der Waals surface area (Å²) in [6.45, 7) is 2.62. The van der Waals surface area contributed by atoms with Crippen molar-refractivity contribution < 1.29 is 4.74 Å². The third kappa shape index (κ3) is 3.49. The molecule has 0 saturated heterocycles. The fraction of sp³-hybridized carbons (Fsp3) is 0.417. The normalized spacial score (nSPS) is 14.0. The summed E-state index contributed by atoms with van der Waals surface area (Å²) < 4.78 is 5.29. The molecule has 0 atom stereocenters. The minimum Gasteiger partial charge on any atom is -0.496 e. The lowest BCUT2D eigenvalue weighted by atomic mass is 10.2. The van der Waals surface area contributed by atoms with Gasteiger partial charge in [-0.25, -0.2) is 0 Å². The molecule has 0 amide bonds. The highest BCUT2D eigenvalue weighted by Gasteiger charge is 2.12. The van der Waals surface area contributed by atoms with Crippen LogP contribution in [-0.4, -0.2) is 38.1 Å². The fourth-order valence-corrected chi connectivity index (χ4v) is 1.75. The molecule has 0 fully saturated rings. The molecule has 2 rings (SSSR count). The monoisotopic (exact) mass is 347 g/mol. The number of methoxy groups -OCH3 is 1. The van der Waals surface area contributed by atoms with E-state index in [0.29, 0.717) is 0 Å². The number of guanidine groups is 1. The fourth-order valence-electron chi connectivity index (χ4n) is 1.75. The van der Waals surface area contributed by atoms with Crippen LogP contribution < -0.4 is 10.1 Å². The van der Waals surface area contributed by atoms with Gasteiger partial charge in [-0.15, -0.1) is 24.0 Å². The van der Waals surface area contributed by atoms with Crippen LogP contribution in [0.2, 0.25) is 0 Å². The quantitative estimate of drug-likeness (QED) is 0.846. The van der Waals surface area contributed by atoms with E-state index in [0.717, 1.165) is 36.9 Å². The van der Waals surface area contributed by atoms with Gasteiger partial charge < -0.3 is 15.0 Å². The van der Waals surface area contributed by atoms with Crippen LogP contribution in [0.3, 0.4) is 0 Å². The first-order chi connectivity index (χ1) is 7.81. The summed E-state index contributed by atoms with van der Waals surface area (Å²) >= 11 is 0. The Morgan fingerprint density at radius 3 is 2.82 bits per heavy atom. The maximum absolute atomic E-state index is 5.29. The van der Waals surface area contributed by atoms with E-state index in [-0.39, 0.29) is 24.0 Å². The SMILES string of the molecule is COc1ccccc1CNC1=NCCN1C.I. The van der Waals surface area contributed by atoms with Gasteiger partial charge in [0.15, 0.2) is 5.96 Å². The van der Waals surface area contributed by atoms with Crippen molar-refractivity contribution in [1.29, 1.82) is 0 Å². The van der Waals surface area contributed by atoms with Crippen LogP contribution in [0.1, 0.15) is 5.56 Å². The Morgan fingerprint density at radius 1 is 1.41 bits per heavy atom. The number of nitrogens with zero attached hydrogens (tertiary/aromatic N) is 2. The molecule has 0 bridgehead atoms. The smallest absolute Gasteiger partial charge is 0.194 e. The van der Waals surface area contributed by atoms with Crippen molar-refractivity contribution in [2.75, 3.05) is 27.2 Å². The summed E-state index contributed by atoms with van der Waals surface area (Å²) in [7, 11) is 3.74. The molecule has 0 saturated carbocycles. The number of nitrogens with one attached hydrogen (secondary N) is 1. The van der Waals surface area contributed by atoms with E-state index in [2.05, 4.69) is 21.3 Å². The summed E-state index contributed by atoms with van der Waals surface area (Å²) in [5, 5.41) is 3.32. The van der Waals surface area contributed by atoms with Crippen LogP contribution >= 0.6 is 24.0 Å². The van der Waals surface area contributed by atoms with Crippen LogP contribution in [0.4, 0.5) is 0 Å². The number of aliphatic imine (C=N–C) groups is 1. The molecular formula is C12H18IN3O. The Labute approximate surface area is 119 Å². The number of halogens is 1. The highest BCUT2D eigenvalue weighted by atomic mass is 127. The molecule has 0 radical (unpaired) electrons. The predicted octanol–water partition coefficient (Wildman–Crippen LogP) is 1.70. The third-order valence-electron chi connectivity index (χ3n) is 2.69. The average molecular weight is 347 g/mol. The molecule has 1 aliphatic heterocycles. The Morgan fingerprint density at radius 2 is 2.18 bits per heavy atom. The van der Waals surface area contributed by atoms with Gasteiger partial charge >= 0.3 is 0 Å². The Hall–Kier alpha value is -0.980. The Kier molecular flexibility index (Phi) is 5.54. The molecule has 17 heavy (non-hydrogen) atoms. The standard InChI is InChI=1S/C12H17N3O.HI/c1-15-8-7-13-12(15)14-9-10-5-3-4-6-11(10)16-2;/h3-6H,7-9H2,1-2H3,(H,13,14);1H. The van der Waals surface area contributed by atoms with Crippen molar-refractivity contribution in [1.82, 2.24) is 10.2 Å². The molecule has 1 aromatic rings. The van der Waals surface area contributed by atoms with Crippen molar-refractivity contribution in [2.45, 2.75) is 6.54 Å². The summed E-state index contributed by atoms with van der Waals surface area (Å²) in [6.07, 6.45) is 0. The minimum absolute atomic E-state index is 0. The molecule has 4 nitrogen and oxygen atoms in total. The highest BCUT2D eigenvalue weighted by molar-refractivity contribution is 14.0. The molecule has 1 aliphatic rings. The van der Waals surface area contributed by atoms with Gasteiger partial charge in [0.05, 0.1) is 13.7 Å². The van der Waals surface area contributed by atoms with Crippen LogP contribution in [-0.2, 0) is 6.54 Å². The molecule has 1 N–H and O–H groups in total. The zero-order chi connectivity index (χ0) is 11.4. The van der Waals surface area contributed by atoms with Crippen LogP contribution in [0.15, 0.2) is 29.3 Å². The topological polar surface area (TPSA) is 36.9 Å². The molecule has 0 aliphatic carbocycles. The van der Waals surface area contributed by atoms with Gasteiger partial charge in [0, 0.05) is 25.7 Å². The average Bonchev–Trinajstić information content (AvgIpc) is 2.72. The number of likely N-dealkylation sites (N-methyl/N-ethyl adjacent to an activating group) is 1. The summed E-state index contributed by atoms with van der Waals surface area (Å²) in [5.41, 5.74) is 1.15. The van der Waals surface area contributed by atoms with Gasteiger partial charge in [-0.3, -0.25) is 4.99 Å². The van der Waals surface area contributed by atoms with Crippen LogP contribution in [0, 0.1) is 0 Å². The van der Waals surface area contributed by atoms with Crippen molar-refractivity contribution in [2.24, 2.45) is 4.99 Å². The Bertz CT molecular complexity index is 395. The van der Waals surface area contributed by atoms with Gasteiger partial charge in [0.1, 0.15) is 5.75 Å². The molecule has 5 heteroatoms. The van der Waals surface area contributed by atoms with Gasteiger partial charge in [0.25, 0.3) is 0 Å². The number of hydrogen-bond donors (Lipinski definition) is 1. The van der Waals surface area contributed by atoms with Gasteiger partial charge in [-0.2, -0.15) is 0 Å². The molecule has 94 valence electrons. The maximum atomic E-state index is 5.29. The number of rotatable bonds is 3. The number of benzene rings is 1. The molecule has 0 spiro atoms. The van der Waals surface area contributed by atoms with Crippen molar-refractivity contribution in [3.8, 4) is 5.75 Å². The first-order valence-corrected chi connectivity index (χ1v) is 5.42. The molecule has 0 unspecified atom stereocenters. The molecule has 1 aromatic carbocycles. The largest absolute Gasteiger partial charge is 0.496 e. The number of hydrogen-bond acceptors (Lipinski definition) is 4. The Balaban J connectivity index is 0.00000144. The van der Waals surface area contributed by atoms with E-state index >= 15 is 0 Å². The van der Waals surface area contributed by atoms with Crippen LogP contribution in [0.5, 0.6) is 5.75 Å². The van der Waals surface area contributed by atoms with Gasteiger partial charge in [-0.1, -0.05) is 18.2 Å². The van der Waals surface area contributed by atoms with Gasteiger partial charge in [-0.05, 0) is 6.07 Å². The third-order valence-corrected chi connectivity index (χ3v) is 2.69. The lowest BCUT2D eigenvalue weighted by Crippen LogP contribution is -2.35.